The Labute approximate surface area is 107 Å². The summed E-state index contributed by atoms with van der Waals surface area (Å²) < 4.78 is 0. The molecule has 1 atom stereocenters. The van der Waals surface area contributed by atoms with E-state index in [0.29, 0.717) is 0 Å². The first-order chi connectivity index (χ1) is 8.19. The molecule has 1 aromatic heterocycles. The Morgan fingerprint density at radius 3 is 3.06 bits per heavy atom. The third-order valence-corrected chi connectivity index (χ3v) is 3.07. The van der Waals surface area contributed by atoms with Crippen molar-refractivity contribution in [1.82, 2.24) is 15.3 Å². The van der Waals surface area contributed by atoms with Crippen molar-refractivity contribution in [2.75, 3.05) is 6.54 Å². The Kier molecular flexibility index (Phi) is 4.07. The van der Waals surface area contributed by atoms with Crippen LogP contribution in [0.15, 0.2) is 18.2 Å². The van der Waals surface area contributed by atoms with E-state index in [-0.39, 0.29) is 5.37 Å². The van der Waals surface area contributed by atoms with Crippen molar-refractivity contribution in [1.29, 1.82) is 0 Å². The van der Waals surface area contributed by atoms with Gasteiger partial charge >= 0.3 is 0 Å². The fraction of sp³-hybridized carbons (Fsp3) is 0.462. The SMILES string of the molecule is CCCNC(S)Cc1nc2ccc(C)cc2[nH]1. The van der Waals surface area contributed by atoms with E-state index in [1.54, 1.807) is 0 Å². The molecule has 2 aromatic rings. The molecule has 3 nitrogen and oxygen atoms in total. The molecular formula is C13H19N3S. The molecule has 2 N–H and O–H groups in total. The minimum absolute atomic E-state index is 0.164. The summed E-state index contributed by atoms with van der Waals surface area (Å²) >= 11 is 4.51. The highest BCUT2D eigenvalue weighted by Crippen LogP contribution is 2.14. The molecule has 0 saturated carbocycles. The van der Waals surface area contributed by atoms with Crippen molar-refractivity contribution < 1.29 is 0 Å². The van der Waals surface area contributed by atoms with E-state index in [4.69, 9.17) is 0 Å². The summed E-state index contributed by atoms with van der Waals surface area (Å²) in [5.74, 6) is 0.995. The number of benzene rings is 1. The van der Waals surface area contributed by atoms with Crippen LogP contribution in [0.3, 0.4) is 0 Å². The van der Waals surface area contributed by atoms with Gasteiger partial charge in [-0.2, -0.15) is 12.6 Å². The Morgan fingerprint density at radius 1 is 1.47 bits per heavy atom. The van der Waals surface area contributed by atoms with Gasteiger partial charge in [0, 0.05) is 6.42 Å². The number of aryl methyl sites for hydroxylation is 1. The number of imidazole rings is 1. The number of hydrogen-bond acceptors (Lipinski definition) is 3. The first-order valence-corrected chi connectivity index (χ1v) is 6.57. The molecule has 2 rings (SSSR count). The van der Waals surface area contributed by atoms with Crippen LogP contribution in [0.4, 0.5) is 0 Å². The van der Waals surface area contributed by atoms with Crippen molar-refractivity contribution >= 4 is 23.7 Å². The van der Waals surface area contributed by atoms with Gasteiger partial charge in [-0.05, 0) is 37.6 Å². The molecule has 0 aliphatic rings. The highest BCUT2D eigenvalue weighted by molar-refractivity contribution is 7.80. The lowest BCUT2D eigenvalue weighted by Crippen LogP contribution is -2.26. The van der Waals surface area contributed by atoms with Gasteiger partial charge in [0.05, 0.1) is 16.4 Å². The number of fused-ring (bicyclic) bond motifs is 1. The number of rotatable bonds is 5. The number of nitrogens with zero attached hydrogens (tertiary/aromatic N) is 1. The van der Waals surface area contributed by atoms with Crippen LogP contribution in [0.25, 0.3) is 11.0 Å². The zero-order valence-corrected chi connectivity index (χ0v) is 11.2. The van der Waals surface area contributed by atoms with E-state index in [0.717, 1.165) is 36.2 Å². The third kappa shape index (κ3) is 3.23. The number of aromatic nitrogens is 2. The van der Waals surface area contributed by atoms with Crippen molar-refractivity contribution in [2.45, 2.75) is 32.1 Å². The standard InChI is InChI=1S/C13H19N3S/c1-3-6-14-13(17)8-12-15-10-5-4-9(2)7-11(10)16-12/h4-5,7,13-14,17H,3,6,8H2,1-2H3,(H,15,16). The van der Waals surface area contributed by atoms with Gasteiger partial charge < -0.3 is 10.3 Å². The number of thiol groups is 1. The Balaban J connectivity index is 2.08. The minimum atomic E-state index is 0.164. The fourth-order valence-corrected chi connectivity index (χ4v) is 2.14. The van der Waals surface area contributed by atoms with E-state index in [2.05, 4.69) is 60.0 Å². The monoisotopic (exact) mass is 249 g/mol. The van der Waals surface area contributed by atoms with Gasteiger partial charge in [-0.15, -0.1) is 0 Å². The maximum atomic E-state index is 4.56. The zero-order valence-electron chi connectivity index (χ0n) is 10.3. The maximum Gasteiger partial charge on any atom is 0.109 e. The molecule has 1 heterocycles. The first kappa shape index (κ1) is 12.5. The topological polar surface area (TPSA) is 40.7 Å². The lowest BCUT2D eigenvalue weighted by atomic mass is 10.2. The van der Waals surface area contributed by atoms with Crippen LogP contribution in [0, 0.1) is 6.92 Å². The van der Waals surface area contributed by atoms with Gasteiger partial charge in [0.1, 0.15) is 5.82 Å². The van der Waals surface area contributed by atoms with E-state index in [9.17, 15) is 0 Å². The molecule has 0 bridgehead atoms. The van der Waals surface area contributed by atoms with Crippen LogP contribution in [-0.2, 0) is 6.42 Å². The molecular weight excluding hydrogens is 230 g/mol. The average molecular weight is 249 g/mol. The molecule has 0 fully saturated rings. The molecule has 92 valence electrons. The first-order valence-electron chi connectivity index (χ1n) is 6.05. The molecule has 0 radical (unpaired) electrons. The van der Waals surface area contributed by atoms with Crippen LogP contribution < -0.4 is 5.32 Å². The molecule has 0 aliphatic carbocycles. The van der Waals surface area contributed by atoms with E-state index >= 15 is 0 Å². The Bertz CT molecular complexity index is 492. The number of hydrogen-bond donors (Lipinski definition) is 3. The quantitative estimate of drug-likeness (QED) is 0.563. The average Bonchev–Trinajstić information content (AvgIpc) is 2.67. The summed E-state index contributed by atoms with van der Waals surface area (Å²) in [4.78, 5) is 7.90. The van der Waals surface area contributed by atoms with Crippen LogP contribution >= 0.6 is 12.6 Å². The van der Waals surface area contributed by atoms with Gasteiger partial charge in [-0.3, -0.25) is 0 Å². The summed E-state index contributed by atoms with van der Waals surface area (Å²) in [5.41, 5.74) is 3.39. The van der Waals surface area contributed by atoms with E-state index < -0.39 is 0 Å². The molecule has 17 heavy (non-hydrogen) atoms. The molecule has 0 spiro atoms. The van der Waals surface area contributed by atoms with Crippen molar-refractivity contribution in [2.24, 2.45) is 0 Å². The normalized spacial score (nSPS) is 13.1. The zero-order chi connectivity index (χ0) is 12.3. The van der Waals surface area contributed by atoms with Gasteiger partial charge in [-0.25, -0.2) is 4.98 Å². The molecule has 0 saturated heterocycles. The summed E-state index contributed by atoms with van der Waals surface area (Å²) in [6.07, 6.45) is 1.94. The highest BCUT2D eigenvalue weighted by atomic mass is 32.1. The maximum absolute atomic E-state index is 4.56. The number of nitrogens with one attached hydrogen (secondary N) is 2. The van der Waals surface area contributed by atoms with Crippen LogP contribution in [0.1, 0.15) is 24.7 Å². The summed E-state index contributed by atoms with van der Waals surface area (Å²) in [6.45, 7) is 5.23. The van der Waals surface area contributed by atoms with Crippen LogP contribution in [-0.4, -0.2) is 21.9 Å². The van der Waals surface area contributed by atoms with Gasteiger partial charge in [0.2, 0.25) is 0 Å². The second kappa shape index (κ2) is 5.56. The van der Waals surface area contributed by atoms with Crippen LogP contribution in [0.5, 0.6) is 0 Å². The van der Waals surface area contributed by atoms with Crippen molar-refractivity contribution in [3.05, 3.63) is 29.6 Å². The van der Waals surface area contributed by atoms with Crippen LogP contribution in [0.2, 0.25) is 0 Å². The van der Waals surface area contributed by atoms with Gasteiger partial charge in [0.25, 0.3) is 0 Å². The van der Waals surface area contributed by atoms with Crippen molar-refractivity contribution in [3.63, 3.8) is 0 Å². The Morgan fingerprint density at radius 2 is 2.29 bits per heavy atom. The lowest BCUT2D eigenvalue weighted by Gasteiger charge is -2.09. The smallest absolute Gasteiger partial charge is 0.109 e. The predicted molar refractivity (Wildman–Crippen MR) is 75.6 cm³/mol. The molecule has 0 aliphatic heterocycles. The molecule has 0 amide bonds. The third-order valence-electron chi connectivity index (χ3n) is 2.70. The minimum Gasteiger partial charge on any atom is -0.342 e. The van der Waals surface area contributed by atoms with E-state index in [1.165, 1.54) is 5.56 Å². The molecule has 1 aromatic carbocycles. The van der Waals surface area contributed by atoms with E-state index in [1.807, 2.05) is 0 Å². The lowest BCUT2D eigenvalue weighted by molar-refractivity contribution is 0.628. The van der Waals surface area contributed by atoms with Gasteiger partial charge in [0.15, 0.2) is 0 Å². The summed E-state index contributed by atoms with van der Waals surface area (Å²) in [5, 5.41) is 3.50. The molecule has 4 heteroatoms. The Hall–Kier alpha value is -1.00. The second-order valence-electron chi connectivity index (χ2n) is 4.38. The second-order valence-corrected chi connectivity index (χ2v) is 5.00. The number of H-pyrrole nitrogens is 1. The fourth-order valence-electron chi connectivity index (χ4n) is 1.84. The van der Waals surface area contributed by atoms with Crippen molar-refractivity contribution in [3.8, 4) is 0 Å². The summed E-state index contributed by atoms with van der Waals surface area (Å²) in [7, 11) is 0. The van der Waals surface area contributed by atoms with Gasteiger partial charge in [-0.1, -0.05) is 13.0 Å². The predicted octanol–water partition coefficient (Wildman–Crippen LogP) is 2.67. The highest BCUT2D eigenvalue weighted by Gasteiger charge is 2.07. The number of aromatic amines is 1. The summed E-state index contributed by atoms with van der Waals surface area (Å²) in [6, 6.07) is 6.26. The molecule has 1 unspecified atom stereocenters. The largest absolute Gasteiger partial charge is 0.342 e.